The van der Waals surface area contributed by atoms with Gasteiger partial charge in [-0.1, -0.05) is 49.0 Å². The zero-order valence-electron chi connectivity index (χ0n) is 18.7. The predicted molar refractivity (Wildman–Crippen MR) is 128 cm³/mol. The molecule has 3 aromatic rings. The zero-order chi connectivity index (χ0) is 24.2. The van der Waals surface area contributed by atoms with Gasteiger partial charge < -0.3 is 14.2 Å². The van der Waals surface area contributed by atoms with Crippen LogP contribution in [0.4, 0.5) is 0 Å². The van der Waals surface area contributed by atoms with E-state index in [1.54, 1.807) is 30.3 Å². The number of carbonyl (C=O) groups is 2. The topological polar surface area (TPSA) is 85.6 Å². The van der Waals surface area contributed by atoms with Crippen LogP contribution >= 0.6 is 0 Å². The van der Waals surface area contributed by atoms with Gasteiger partial charge in [0.25, 0.3) is 0 Å². The number of nitriles is 1. The highest BCUT2D eigenvalue weighted by Gasteiger charge is 2.13. The number of rotatable bonds is 11. The van der Waals surface area contributed by atoms with Crippen molar-refractivity contribution in [3.63, 3.8) is 0 Å². The van der Waals surface area contributed by atoms with E-state index < -0.39 is 11.9 Å². The lowest BCUT2D eigenvalue weighted by atomic mass is 10.0. The molecule has 172 valence electrons. The summed E-state index contributed by atoms with van der Waals surface area (Å²) >= 11 is 0. The normalized spacial score (nSPS) is 10.1. The molecule has 0 amide bonds. The highest BCUT2D eigenvalue weighted by molar-refractivity contribution is 5.92. The molecule has 0 aliphatic heterocycles. The van der Waals surface area contributed by atoms with Gasteiger partial charge in [-0.3, -0.25) is 0 Å². The maximum atomic E-state index is 12.7. The number of hydrogen-bond acceptors (Lipinski definition) is 6. The van der Waals surface area contributed by atoms with Crippen molar-refractivity contribution in [1.82, 2.24) is 0 Å². The zero-order valence-corrected chi connectivity index (χ0v) is 18.7. The third kappa shape index (κ3) is 7.07. The molecule has 0 aromatic heterocycles. The van der Waals surface area contributed by atoms with Gasteiger partial charge in [-0.2, -0.15) is 5.26 Å². The van der Waals surface area contributed by atoms with Gasteiger partial charge in [0, 0.05) is 12.1 Å². The number of benzene rings is 3. The number of ether oxygens (including phenoxy) is 3. The lowest BCUT2D eigenvalue weighted by molar-refractivity contribution is -0.137. The molecule has 0 aliphatic carbocycles. The standard InChI is InChI=1S/C28H25NO5/c1-2-27(30)33-18-8-4-7-17-32-25-16-15-24(20-29)26(19-25)34-28(31)23-13-11-22(12-14-23)21-9-5-3-6-10-21/h2-3,5-6,9-16,19H,1,4,7-8,17-18H2. The van der Waals surface area contributed by atoms with Crippen LogP contribution in [0.2, 0.25) is 0 Å². The quantitative estimate of drug-likeness (QED) is 0.159. The first-order chi connectivity index (χ1) is 16.6. The number of hydrogen-bond donors (Lipinski definition) is 0. The van der Waals surface area contributed by atoms with Crippen LogP contribution < -0.4 is 9.47 Å². The van der Waals surface area contributed by atoms with Crippen molar-refractivity contribution in [1.29, 1.82) is 5.26 Å². The number of nitrogens with zero attached hydrogens (tertiary/aromatic N) is 1. The molecule has 0 unspecified atom stereocenters. The highest BCUT2D eigenvalue weighted by atomic mass is 16.5. The van der Waals surface area contributed by atoms with Gasteiger partial charge in [-0.25, -0.2) is 9.59 Å². The van der Waals surface area contributed by atoms with Gasteiger partial charge in [0.1, 0.15) is 11.8 Å². The summed E-state index contributed by atoms with van der Waals surface area (Å²) in [4.78, 5) is 23.6. The van der Waals surface area contributed by atoms with E-state index in [1.807, 2.05) is 48.5 Å². The van der Waals surface area contributed by atoms with E-state index in [0.29, 0.717) is 24.5 Å². The molecule has 0 bridgehead atoms. The van der Waals surface area contributed by atoms with Crippen LogP contribution in [0.3, 0.4) is 0 Å². The van der Waals surface area contributed by atoms with Crippen LogP contribution in [0.25, 0.3) is 11.1 Å². The molecule has 0 spiro atoms. The average molecular weight is 456 g/mol. The Labute approximate surface area is 199 Å². The molecule has 0 radical (unpaired) electrons. The van der Waals surface area contributed by atoms with Gasteiger partial charge in [0.2, 0.25) is 0 Å². The second kappa shape index (κ2) is 12.6. The van der Waals surface area contributed by atoms with E-state index in [2.05, 4.69) is 6.58 Å². The lowest BCUT2D eigenvalue weighted by Crippen LogP contribution is -2.09. The van der Waals surface area contributed by atoms with E-state index in [9.17, 15) is 14.9 Å². The minimum atomic E-state index is -0.553. The average Bonchev–Trinajstić information content (AvgIpc) is 2.88. The smallest absolute Gasteiger partial charge is 0.343 e. The molecule has 6 heteroatoms. The first-order valence-corrected chi connectivity index (χ1v) is 10.9. The summed E-state index contributed by atoms with van der Waals surface area (Å²) in [5.41, 5.74) is 2.67. The third-order valence-electron chi connectivity index (χ3n) is 4.97. The first-order valence-electron chi connectivity index (χ1n) is 10.9. The van der Waals surface area contributed by atoms with Crippen LogP contribution in [-0.2, 0) is 9.53 Å². The van der Waals surface area contributed by atoms with Crippen LogP contribution in [0.5, 0.6) is 11.5 Å². The van der Waals surface area contributed by atoms with E-state index in [0.717, 1.165) is 36.5 Å². The number of unbranched alkanes of at least 4 members (excludes halogenated alkanes) is 2. The Kier molecular flexibility index (Phi) is 9.00. The maximum absolute atomic E-state index is 12.7. The van der Waals surface area contributed by atoms with Crippen LogP contribution in [-0.4, -0.2) is 25.2 Å². The summed E-state index contributed by atoms with van der Waals surface area (Å²) in [6.07, 6.45) is 3.44. The third-order valence-corrected chi connectivity index (χ3v) is 4.97. The SMILES string of the molecule is C=CC(=O)OCCCCCOc1ccc(C#N)c(OC(=O)c2ccc(-c3ccccc3)cc2)c1. The monoisotopic (exact) mass is 455 g/mol. The van der Waals surface area contributed by atoms with Gasteiger partial charge in [0.15, 0.2) is 5.75 Å². The second-order valence-corrected chi connectivity index (χ2v) is 7.38. The largest absolute Gasteiger partial charge is 0.493 e. The first kappa shape index (κ1) is 24.3. The van der Waals surface area contributed by atoms with Crippen molar-refractivity contribution in [2.45, 2.75) is 19.3 Å². The molecule has 3 rings (SSSR count). The van der Waals surface area contributed by atoms with E-state index in [4.69, 9.17) is 14.2 Å². The van der Waals surface area contributed by atoms with Crippen molar-refractivity contribution in [3.05, 3.63) is 96.6 Å². The highest BCUT2D eigenvalue weighted by Crippen LogP contribution is 2.26. The van der Waals surface area contributed by atoms with Crippen molar-refractivity contribution in [2.24, 2.45) is 0 Å². The fraction of sp³-hybridized carbons (Fsp3) is 0.179. The summed E-state index contributed by atoms with van der Waals surface area (Å²) in [6.45, 7) is 4.13. The van der Waals surface area contributed by atoms with Crippen LogP contribution in [0.15, 0.2) is 85.5 Å². The molecular weight excluding hydrogens is 430 g/mol. The van der Waals surface area contributed by atoms with Crippen molar-refractivity contribution in [3.8, 4) is 28.7 Å². The Morgan fingerprint density at radius 2 is 1.59 bits per heavy atom. The van der Waals surface area contributed by atoms with Gasteiger partial charge in [-0.15, -0.1) is 0 Å². The van der Waals surface area contributed by atoms with Crippen molar-refractivity contribution < 1.29 is 23.8 Å². The Bertz CT molecular complexity index is 1160. The van der Waals surface area contributed by atoms with Gasteiger partial charge in [0.05, 0.1) is 24.3 Å². The van der Waals surface area contributed by atoms with Gasteiger partial charge >= 0.3 is 11.9 Å². The van der Waals surface area contributed by atoms with E-state index in [-0.39, 0.29) is 11.3 Å². The van der Waals surface area contributed by atoms with Crippen molar-refractivity contribution >= 4 is 11.9 Å². The molecule has 3 aromatic carbocycles. The molecule has 0 heterocycles. The Hall–Kier alpha value is -4.37. The van der Waals surface area contributed by atoms with Gasteiger partial charge in [-0.05, 0) is 54.7 Å². The molecule has 0 N–H and O–H groups in total. The van der Waals surface area contributed by atoms with E-state index >= 15 is 0 Å². The second-order valence-electron chi connectivity index (χ2n) is 7.38. The minimum absolute atomic E-state index is 0.147. The Morgan fingerprint density at radius 3 is 2.29 bits per heavy atom. The number of esters is 2. The fourth-order valence-electron chi connectivity index (χ4n) is 3.16. The molecule has 0 aliphatic rings. The maximum Gasteiger partial charge on any atom is 0.343 e. The van der Waals surface area contributed by atoms with Crippen molar-refractivity contribution in [2.75, 3.05) is 13.2 Å². The molecule has 0 atom stereocenters. The minimum Gasteiger partial charge on any atom is -0.493 e. The summed E-state index contributed by atoms with van der Waals surface area (Å²) in [5, 5.41) is 9.38. The Morgan fingerprint density at radius 1 is 0.882 bits per heavy atom. The predicted octanol–water partition coefficient (Wildman–Crippen LogP) is 5.72. The van der Waals surface area contributed by atoms with E-state index in [1.165, 1.54) is 0 Å². The molecule has 6 nitrogen and oxygen atoms in total. The molecule has 0 saturated heterocycles. The summed E-state index contributed by atoms with van der Waals surface area (Å²) < 4.78 is 16.1. The summed E-state index contributed by atoms with van der Waals surface area (Å²) in [7, 11) is 0. The molecule has 0 fully saturated rings. The van der Waals surface area contributed by atoms with Crippen LogP contribution in [0, 0.1) is 11.3 Å². The van der Waals surface area contributed by atoms with Crippen LogP contribution in [0.1, 0.15) is 35.2 Å². The molecule has 0 saturated carbocycles. The summed E-state index contributed by atoms with van der Waals surface area (Å²) in [6, 6.07) is 23.8. The molecular formula is C28H25NO5. The summed E-state index contributed by atoms with van der Waals surface area (Å²) in [5.74, 6) is -0.335. The Balaban J connectivity index is 1.55. The number of carbonyl (C=O) groups excluding carboxylic acids is 2. The molecule has 34 heavy (non-hydrogen) atoms. The fourth-order valence-corrected chi connectivity index (χ4v) is 3.16. The lowest BCUT2D eigenvalue weighted by Gasteiger charge is -2.10.